The summed E-state index contributed by atoms with van der Waals surface area (Å²) in [6.45, 7) is 2.43. The minimum atomic E-state index is -1.49. The van der Waals surface area contributed by atoms with E-state index in [0.29, 0.717) is 13.0 Å². The second kappa shape index (κ2) is 5.87. The molecule has 1 aliphatic rings. The lowest BCUT2D eigenvalue weighted by atomic mass is 9.89. The number of carbonyl (C=O) groups excluding carboxylic acids is 2. The number of nitrogens with zero attached hydrogens (tertiary/aromatic N) is 1. The third-order valence-corrected chi connectivity index (χ3v) is 3.33. The molecule has 0 aromatic heterocycles. The third-order valence-electron chi connectivity index (χ3n) is 3.33. The molecule has 1 heterocycles. The van der Waals surface area contributed by atoms with Gasteiger partial charge >= 0.3 is 12.0 Å². The van der Waals surface area contributed by atoms with Gasteiger partial charge in [0.25, 0.3) is 0 Å². The smallest absolute Gasteiger partial charge is 0.332 e. The fraction of sp³-hybridized carbons (Fsp3) is 0.727. The Kier molecular flexibility index (Phi) is 4.71. The van der Waals surface area contributed by atoms with Gasteiger partial charge in [-0.25, -0.2) is 9.59 Å². The van der Waals surface area contributed by atoms with Crippen molar-refractivity contribution in [1.82, 2.24) is 10.2 Å². The quantitative estimate of drug-likeness (QED) is 0.495. The summed E-state index contributed by atoms with van der Waals surface area (Å²) in [5, 5.41) is 20.0. The van der Waals surface area contributed by atoms with Crippen LogP contribution in [0.4, 0.5) is 4.79 Å². The Bertz CT molecular complexity index is 387. The van der Waals surface area contributed by atoms with Crippen molar-refractivity contribution in [2.24, 2.45) is 11.1 Å². The number of likely N-dealkylation sites (tertiary alicyclic amines) is 1. The molecule has 2 atom stereocenters. The fourth-order valence-corrected chi connectivity index (χ4v) is 1.89. The topological polar surface area (TPSA) is 133 Å². The molecule has 0 saturated carbocycles. The first-order valence-electron chi connectivity index (χ1n) is 6.00. The number of urea groups is 1. The maximum Gasteiger partial charge on any atom is 0.332 e. The molecule has 0 aromatic rings. The van der Waals surface area contributed by atoms with Gasteiger partial charge < -0.3 is 26.2 Å². The molecule has 108 valence electrons. The minimum Gasteiger partial charge on any atom is -0.479 e. The summed E-state index contributed by atoms with van der Waals surface area (Å²) in [4.78, 5) is 34.8. The van der Waals surface area contributed by atoms with Crippen LogP contribution in [-0.4, -0.2) is 58.8 Å². The molecule has 0 aliphatic carbocycles. The number of nitrogens with two attached hydrogens (primary N) is 1. The van der Waals surface area contributed by atoms with Gasteiger partial charge in [-0.1, -0.05) is 0 Å². The molecule has 3 amide bonds. The minimum absolute atomic E-state index is 0.0517. The molecule has 2 unspecified atom stereocenters. The molecule has 0 spiro atoms. The second-order valence-corrected chi connectivity index (χ2v) is 4.97. The summed E-state index contributed by atoms with van der Waals surface area (Å²) in [5.41, 5.74) is 4.56. The summed E-state index contributed by atoms with van der Waals surface area (Å²) in [6.07, 6.45) is -1.05. The van der Waals surface area contributed by atoms with Crippen molar-refractivity contribution in [2.45, 2.75) is 25.9 Å². The van der Waals surface area contributed by atoms with E-state index in [-0.39, 0.29) is 25.5 Å². The largest absolute Gasteiger partial charge is 0.479 e. The first kappa shape index (κ1) is 15.2. The molecular formula is C11H19N3O5. The number of carbonyl (C=O) groups is 3. The van der Waals surface area contributed by atoms with Crippen molar-refractivity contribution >= 4 is 17.9 Å². The summed E-state index contributed by atoms with van der Waals surface area (Å²) >= 11 is 0. The lowest BCUT2D eigenvalue weighted by Gasteiger charge is -2.21. The van der Waals surface area contributed by atoms with E-state index in [1.54, 1.807) is 6.92 Å². The molecule has 19 heavy (non-hydrogen) atoms. The number of nitrogens with one attached hydrogen (secondary N) is 1. The first-order chi connectivity index (χ1) is 8.76. The van der Waals surface area contributed by atoms with Gasteiger partial charge in [-0.05, 0) is 13.3 Å². The number of hydrogen-bond acceptors (Lipinski definition) is 4. The highest BCUT2D eigenvalue weighted by Crippen LogP contribution is 2.29. The highest BCUT2D eigenvalue weighted by molar-refractivity contribution is 5.83. The van der Waals surface area contributed by atoms with E-state index in [1.807, 2.05) is 0 Å². The number of carboxylic acid groups (broad SMARTS) is 1. The lowest BCUT2D eigenvalue weighted by Crippen LogP contribution is -2.43. The van der Waals surface area contributed by atoms with Crippen LogP contribution in [0.25, 0.3) is 0 Å². The van der Waals surface area contributed by atoms with Crippen LogP contribution >= 0.6 is 0 Å². The van der Waals surface area contributed by atoms with Crippen LogP contribution in [0.15, 0.2) is 0 Å². The van der Waals surface area contributed by atoms with E-state index in [1.165, 1.54) is 4.90 Å². The fourth-order valence-electron chi connectivity index (χ4n) is 1.89. The number of amides is 3. The van der Waals surface area contributed by atoms with Crippen LogP contribution in [0.3, 0.4) is 0 Å². The molecule has 1 saturated heterocycles. The predicted octanol–water partition coefficient (Wildman–Crippen LogP) is -1.27. The molecule has 0 radical (unpaired) electrons. The monoisotopic (exact) mass is 273 g/mol. The van der Waals surface area contributed by atoms with Crippen LogP contribution in [0.5, 0.6) is 0 Å². The summed E-state index contributed by atoms with van der Waals surface area (Å²) in [5.74, 6) is -1.76. The van der Waals surface area contributed by atoms with Crippen molar-refractivity contribution < 1.29 is 24.6 Å². The zero-order valence-corrected chi connectivity index (χ0v) is 10.8. The van der Waals surface area contributed by atoms with Crippen molar-refractivity contribution in [2.75, 3.05) is 19.6 Å². The first-order valence-corrected chi connectivity index (χ1v) is 6.00. The van der Waals surface area contributed by atoms with Gasteiger partial charge in [0.15, 0.2) is 6.10 Å². The Balaban J connectivity index is 2.36. The normalized spacial score (nSPS) is 24.0. The van der Waals surface area contributed by atoms with E-state index < -0.39 is 23.4 Å². The van der Waals surface area contributed by atoms with Crippen LogP contribution in [0.2, 0.25) is 0 Å². The number of hydrogen-bond donors (Lipinski definition) is 4. The Hall–Kier alpha value is -1.83. The Morgan fingerprint density at radius 2 is 2.11 bits per heavy atom. The number of carboxylic acids is 1. The zero-order valence-electron chi connectivity index (χ0n) is 10.8. The Labute approximate surface area is 110 Å². The van der Waals surface area contributed by atoms with Crippen LogP contribution in [0.1, 0.15) is 19.8 Å². The molecule has 8 heteroatoms. The standard InChI is InChI=1S/C11H19N3O5/c1-11(9(12)18)3-5-14(6-11)10(19)13-4-2-7(15)8(16)17/h7,15H,2-6H2,1H3,(H2,12,18)(H,13,19)(H,16,17). The van der Waals surface area contributed by atoms with E-state index in [4.69, 9.17) is 15.9 Å². The summed E-state index contributed by atoms with van der Waals surface area (Å²) in [7, 11) is 0. The molecule has 0 bridgehead atoms. The van der Waals surface area contributed by atoms with Gasteiger partial charge in [0.2, 0.25) is 5.91 Å². The van der Waals surface area contributed by atoms with E-state index in [9.17, 15) is 14.4 Å². The SMILES string of the molecule is CC1(C(N)=O)CCN(C(=O)NCCC(O)C(=O)O)C1. The molecular weight excluding hydrogens is 254 g/mol. The predicted molar refractivity (Wildman–Crippen MR) is 65.1 cm³/mol. The highest BCUT2D eigenvalue weighted by atomic mass is 16.4. The van der Waals surface area contributed by atoms with Gasteiger partial charge in [0.1, 0.15) is 0 Å². The van der Waals surface area contributed by atoms with E-state index in [2.05, 4.69) is 5.32 Å². The zero-order chi connectivity index (χ0) is 14.6. The average Bonchev–Trinajstić information content (AvgIpc) is 2.73. The van der Waals surface area contributed by atoms with Gasteiger partial charge in [-0.3, -0.25) is 4.79 Å². The van der Waals surface area contributed by atoms with Crippen LogP contribution in [0, 0.1) is 5.41 Å². The molecule has 8 nitrogen and oxygen atoms in total. The number of aliphatic hydroxyl groups is 1. The summed E-state index contributed by atoms with van der Waals surface area (Å²) < 4.78 is 0. The van der Waals surface area contributed by atoms with Crippen molar-refractivity contribution in [1.29, 1.82) is 0 Å². The highest BCUT2D eigenvalue weighted by Gasteiger charge is 2.40. The second-order valence-electron chi connectivity index (χ2n) is 4.97. The van der Waals surface area contributed by atoms with E-state index >= 15 is 0 Å². The Morgan fingerprint density at radius 1 is 1.47 bits per heavy atom. The molecule has 0 aromatic carbocycles. The molecule has 1 aliphatic heterocycles. The number of aliphatic carboxylic acids is 1. The van der Waals surface area contributed by atoms with Gasteiger partial charge in [0, 0.05) is 26.1 Å². The van der Waals surface area contributed by atoms with Gasteiger partial charge in [0.05, 0.1) is 5.41 Å². The van der Waals surface area contributed by atoms with Gasteiger partial charge in [-0.2, -0.15) is 0 Å². The maximum absolute atomic E-state index is 11.7. The molecule has 1 rings (SSSR count). The van der Waals surface area contributed by atoms with E-state index in [0.717, 1.165) is 0 Å². The lowest BCUT2D eigenvalue weighted by molar-refractivity contribution is -0.146. The van der Waals surface area contributed by atoms with Crippen LogP contribution < -0.4 is 11.1 Å². The van der Waals surface area contributed by atoms with Gasteiger partial charge in [-0.15, -0.1) is 0 Å². The van der Waals surface area contributed by atoms with Crippen molar-refractivity contribution in [3.8, 4) is 0 Å². The molecule has 5 N–H and O–H groups in total. The Morgan fingerprint density at radius 3 is 2.58 bits per heavy atom. The summed E-state index contributed by atoms with van der Waals surface area (Å²) in [6, 6.07) is -0.387. The third kappa shape index (κ3) is 3.82. The van der Waals surface area contributed by atoms with Crippen molar-refractivity contribution in [3.05, 3.63) is 0 Å². The number of primary amides is 1. The van der Waals surface area contributed by atoms with Crippen molar-refractivity contribution in [3.63, 3.8) is 0 Å². The number of aliphatic hydroxyl groups excluding tert-OH is 1. The van der Waals surface area contributed by atoms with Crippen LogP contribution in [-0.2, 0) is 9.59 Å². The average molecular weight is 273 g/mol. The number of rotatable bonds is 5. The molecule has 1 fully saturated rings. The maximum atomic E-state index is 11.7.